The van der Waals surface area contributed by atoms with Crippen molar-refractivity contribution >= 4 is 0 Å². The highest BCUT2D eigenvalue weighted by atomic mass is 16.5. The molecule has 0 radical (unpaired) electrons. The smallest absolute Gasteiger partial charge is 0.119 e. The lowest BCUT2D eigenvalue weighted by Gasteiger charge is -2.24. The molecule has 0 saturated heterocycles. The van der Waals surface area contributed by atoms with Crippen LogP contribution in [0.5, 0.6) is 5.75 Å². The Morgan fingerprint density at radius 3 is 2.07 bits per heavy atom. The molecule has 0 aliphatic rings. The summed E-state index contributed by atoms with van der Waals surface area (Å²) in [6.45, 7) is 8.38. The molecule has 0 bridgehead atoms. The van der Waals surface area contributed by atoms with Gasteiger partial charge in [0.05, 0.1) is 6.10 Å². The van der Waals surface area contributed by atoms with Crippen molar-refractivity contribution in [2.45, 2.75) is 39.3 Å². The van der Waals surface area contributed by atoms with Crippen LogP contribution in [0.2, 0.25) is 0 Å². The van der Waals surface area contributed by atoms with Gasteiger partial charge < -0.3 is 10.1 Å². The molecule has 0 unspecified atom stereocenters. The predicted molar refractivity (Wildman–Crippen MR) is 64.3 cm³/mol. The monoisotopic (exact) mass is 207 g/mol. The van der Waals surface area contributed by atoms with E-state index in [1.807, 2.05) is 33.0 Å². The SMILES string of the molecule is CNC(C)(C)c1ccc(OC(C)C)cc1. The van der Waals surface area contributed by atoms with Crippen molar-refractivity contribution in [2.75, 3.05) is 7.05 Å². The topological polar surface area (TPSA) is 21.3 Å². The lowest BCUT2D eigenvalue weighted by atomic mass is 9.95. The van der Waals surface area contributed by atoms with Crippen LogP contribution in [0.15, 0.2) is 24.3 Å². The van der Waals surface area contributed by atoms with Crippen LogP contribution in [0, 0.1) is 0 Å². The van der Waals surface area contributed by atoms with Crippen molar-refractivity contribution < 1.29 is 4.74 Å². The number of hydrogen-bond acceptors (Lipinski definition) is 2. The van der Waals surface area contributed by atoms with Gasteiger partial charge in [-0.3, -0.25) is 0 Å². The number of rotatable bonds is 4. The Morgan fingerprint density at radius 1 is 1.13 bits per heavy atom. The van der Waals surface area contributed by atoms with Crippen LogP contribution < -0.4 is 10.1 Å². The van der Waals surface area contributed by atoms with Gasteiger partial charge in [-0.15, -0.1) is 0 Å². The van der Waals surface area contributed by atoms with Gasteiger partial charge in [0.1, 0.15) is 5.75 Å². The third-order valence-electron chi connectivity index (χ3n) is 2.57. The van der Waals surface area contributed by atoms with Crippen LogP contribution in [0.1, 0.15) is 33.3 Å². The summed E-state index contributed by atoms with van der Waals surface area (Å²) in [6.07, 6.45) is 0.230. The van der Waals surface area contributed by atoms with E-state index in [0.717, 1.165) is 5.75 Å². The van der Waals surface area contributed by atoms with Crippen LogP contribution in [-0.2, 0) is 5.54 Å². The number of ether oxygens (including phenoxy) is 1. The Labute approximate surface area is 92.6 Å². The van der Waals surface area contributed by atoms with E-state index in [0.29, 0.717) is 0 Å². The maximum Gasteiger partial charge on any atom is 0.119 e. The second kappa shape index (κ2) is 4.67. The average Bonchev–Trinajstić information content (AvgIpc) is 2.18. The van der Waals surface area contributed by atoms with Crippen molar-refractivity contribution in [3.8, 4) is 5.75 Å². The zero-order valence-corrected chi connectivity index (χ0v) is 10.3. The van der Waals surface area contributed by atoms with E-state index < -0.39 is 0 Å². The minimum atomic E-state index is 0.0103. The Morgan fingerprint density at radius 2 is 1.67 bits per heavy atom. The molecular weight excluding hydrogens is 186 g/mol. The van der Waals surface area contributed by atoms with Gasteiger partial charge in [-0.2, -0.15) is 0 Å². The molecule has 0 fully saturated rings. The van der Waals surface area contributed by atoms with Crippen LogP contribution in [0.4, 0.5) is 0 Å². The van der Waals surface area contributed by atoms with Gasteiger partial charge >= 0.3 is 0 Å². The number of hydrogen-bond donors (Lipinski definition) is 1. The Bertz CT molecular complexity index is 301. The summed E-state index contributed by atoms with van der Waals surface area (Å²) in [5.41, 5.74) is 1.28. The summed E-state index contributed by atoms with van der Waals surface area (Å²) in [5.74, 6) is 0.931. The highest BCUT2D eigenvalue weighted by molar-refractivity contribution is 5.31. The summed E-state index contributed by atoms with van der Waals surface area (Å²) in [7, 11) is 1.97. The minimum absolute atomic E-state index is 0.0103. The van der Waals surface area contributed by atoms with Gasteiger partial charge in [0.2, 0.25) is 0 Å². The van der Waals surface area contributed by atoms with Crippen molar-refractivity contribution in [1.29, 1.82) is 0 Å². The highest BCUT2D eigenvalue weighted by Crippen LogP contribution is 2.22. The quantitative estimate of drug-likeness (QED) is 0.819. The largest absolute Gasteiger partial charge is 0.491 e. The van der Waals surface area contributed by atoms with Crippen molar-refractivity contribution in [3.05, 3.63) is 29.8 Å². The van der Waals surface area contributed by atoms with E-state index in [1.54, 1.807) is 0 Å². The molecule has 0 saturated carbocycles. The first-order valence-corrected chi connectivity index (χ1v) is 5.42. The molecule has 2 heteroatoms. The molecule has 0 amide bonds. The van der Waals surface area contributed by atoms with E-state index in [1.165, 1.54) is 5.56 Å². The van der Waals surface area contributed by atoms with Crippen molar-refractivity contribution in [3.63, 3.8) is 0 Å². The Balaban J connectivity index is 2.81. The summed E-state index contributed by atoms with van der Waals surface area (Å²) in [6, 6.07) is 8.26. The summed E-state index contributed by atoms with van der Waals surface area (Å²) < 4.78 is 5.60. The molecule has 0 heterocycles. The molecule has 0 aromatic heterocycles. The molecule has 0 aliphatic heterocycles. The van der Waals surface area contributed by atoms with Gasteiger partial charge in [-0.25, -0.2) is 0 Å². The summed E-state index contributed by atoms with van der Waals surface area (Å²) >= 11 is 0. The van der Waals surface area contributed by atoms with Crippen LogP contribution in [0.3, 0.4) is 0 Å². The van der Waals surface area contributed by atoms with E-state index in [2.05, 4.69) is 31.3 Å². The molecule has 1 rings (SSSR count). The second-order valence-corrected chi connectivity index (χ2v) is 4.57. The first-order valence-electron chi connectivity index (χ1n) is 5.42. The molecule has 0 atom stereocenters. The molecular formula is C13H21NO. The maximum absolute atomic E-state index is 5.60. The second-order valence-electron chi connectivity index (χ2n) is 4.57. The molecule has 1 aromatic carbocycles. The fraction of sp³-hybridized carbons (Fsp3) is 0.538. The molecule has 0 spiro atoms. The van der Waals surface area contributed by atoms with Crippen LogP contribution >= 0.6 is 0 Å². The van der Waals surface area contributed by atoms with E-state index in [-0.39, 0.29) is 11.6 Å². The van der Waals surface area contributed by atoms with Gasteiger partial charge in [0.15, 0.2) is 0 Å². The fourth-order valence-electron chi connectivity index (χ4n) is 1.37. The number of benzene rings is 1. The van der Waals surface area contributed by atoms with Crippen molar-refractivity contribution in [2.24, 2.45) is 0 Å². The zero-order chi connectivity index (χ0) is 11.5. The van der Waals surface area contributed by atoms with Gasteiger partial charge in [-0.1, -0.05) is 12.1 Å². The number of nitrogens with one attached hydrogen (secondary N) is 1. The Hall–Kier alpha value is -1.02. The molecule has 84 valence electrons. The highest BCUT2D eigenvalue weighted by Gasteiger charge is 2.17. The third-order valence-corrected chi connectivity index (χ3v) is 2.57. The molecule has 2 nitrogen and oxygen atoms in total. The standard InChI is InChI=1S/C13H21NO/c1-10(2)15-12-8-6-11(7-9-12)13(3,4)14-5/h6-10,14H,1-5H3. The van der Waals surface area contributed by atoms with E-state index in [4.69, 9.17) is 4.74 Å². The Kier molecular flexibility index (Phi) is 3.75. The third kappa shape index (κ3) is 3.24. The first kappa shape index (κ1) is 12.1. The minimum Gasteiger partial charge on any atom is -0.491 e. The molecule has 0 aliphatic carbocycles. The molecule has 1 N–H and O–H groups in total. The van der Waals surface area contributed by atoms with Crippen LogP contribution in [-0.4, -0.2) is 13.2 Å². The van der Waals surface area contributed by atoms with Gasteiger partial charge in [-0.05, 0) is 52.4 Å². The molecule has 15 heavy (non-hydrogen) atoms. The van der Waals surface area contributed by atoms with Crippen LogP contribution in [0.25, 0.3) is 0 Å². The predicted octanol–water partition coefficient (Wildman–Crippen LogP) is 2.93. The average molecular weight is 207 g/mol. The molecule has 1 aromatic rings. The maximum atomic E-state index is 5.60. The van der Waals surface area contributed by atoms with E-state index in [9.17, 15) is 0 Å². The lowest BCUT2D eigenvalue weighted by Crippen LogP contribution is -2.32. The lowest BCUT2D eigenvalue weighted by molar-refractivity contribution is 0.242. The van der Waals surface area contributed by atoms with Crippen molar-refractivity contribution in [1.82, 2.24) is 5.32 Å². The van der Waals surface area contributed by atoms with Gasteiger partial charge in [0.25, 0.3) is 0 Å². The fourth-order valence-corrected chi connectivity index (χ4v) is 1.37. The summed E-state index contributed by atoms with van der Waals surface area (Å²) in [4.78, 5) is 0. The first-order chi connectivity index (χ1) is 6.95. The normalized spacial score (nSPS) is 11.9. The zero-order valence-electron chi connectivity index (χ0n) is 10.3. The van der Waals surface area contributed by atoms with E-state index >= 15 is 0 Å². The van der Waals surface area contributed by atoms with Gasteiger partial charge in [0, 0.05) is 5.54 Å². The summed E-state index contributed by atoms with van der Waals surface area (Å²) in [5, 5.41) is 3.28.